The molecule has 0 saturated carbocycles. The van der Waals surface area contributed by atoms with Crippen molar-refractivity contribution in [3.8, 4) is 0 Å². The molecule has 1 unspecified atom stereocenters. The SMILES string of the molecule is Cc1nnc(CNCC(O)CC(C)C)n1C. The van der Waals surface area contributed by atoms with Crippen molar-refractivity contribution in [2.75, 3.05) is 6.54 Å². The lowest BCUT2D eigenvalue weighted by atomic mass is 10.1. The van der Waals surface area contributed by atoms with Gasteiger partial charge in [-0.15, -0.1) is 10.2 Å². The van der Waals surface area contributed by atoms with Crippen molar-refractivity contribution < 1.29 is 5.11 Å². The van der Waals surface area contributed by atoms with Gasteiger partial charge in [-0.3, -0.25) is 0 Å². The number of hydrogen-bond acceptors (Lipinski definition) is 4. The van der Waals surface area contributed by atoms with Crippen LogP contribution in [-0.2, 0) is 13.6 Å². The minimum absolute atomic E-state index is 0.283. The van der Waals surface area contributed by atoms with Crippen LogP contribution in [0.1, 0.15) is 31.9 Å². The lowest BCUT2D eigenvalue weighted by molar-refractivity contribution is 0.146. The molecule has 1 aromatic heterocycles. The summed E-state index contributed by atoms with van der Waals surface area (Å²) < 4.78 is 1.95. The van der Waals surface area contributed by atoms with E-state index in [0.29, 0.717) is 19.0 Å². The summed E-state index contributed by atoms with van der Waals surface area (Å²) in [5.74, 6) is 2.32. The molecule has 0 amide bonds. The van der Waals surface area contributed by atoms with E-state index in [4.69, 9.17) is 0 Å². The summed E-state index contributed by atoms with van der Waals surface area (Å²) >= 11 is 0. The van der Waals surface area contributed by atoms with Gasteiger partial charge >= 0.3 is 0 Å². The maximum atomic E-state index is 9.67. The van der Waals surface area contributed by atoms with E-state index in [2.05, 4.69) is 29.4 Å². The number of aliphatic hydroxyl groups is 1. The third-order valence-corrected chi connectivity index (χ3v) is 2.59. The monoisotopic (exact) mass is 226 g/mol. The Kier molecular flexibility index (Phi) is 4.89. The van der Waals surface area contributed by atoms with Crippen molar-refractivity contribution in [2.45, 2.75) is 39.8 Å². The first kappa shape index (κ1) is 13.1. The molecule has 0 bridgehead atoms. The third-order valence-electron chi connectivity index (χ3n) is 2.59. The topological polar surface area (TPSA) is 63.0 Å². The lowest BCUT2D eigenvalue weighted by Crippen LogP contribution is -2.28. The summed E-state index contributed by atoms with van der Waals surface area (Å²) in [6.07, 6.45) is 0.541. The van der Waals surface area contributed by atoms with E-state index >= 15 is 0 Å². The largest absolute Gasteiger partial charge is 0.392 e. The zero-order valence-corrected chi connectivity index (χ0v) is 10.6. The van der Waals surface area contributed by atoms with Crippen LogP contribution in [-0.4, -0.2) is 32.5 Å². The first-order valence-electron chi connectivity index (χ1n) is 5.74. The fourth-order valence-corrected chi connectivity index (χ4v) is 1.58. The highest BCUT2D eigenvalue weighted by Crippen LogP contribution is 2.03. The molecule has 0 radical (unpaired) electrons. The van der Waals surface area contributed by atoms with Gasteiger partial charge in [0.05, 0.1) is 12.6 Å². The Hall–Kier alpha value is -0.940. The molecule has 0 aliphatic rings. The second kappa shape index (κ2) is 5.96. The summed E-state index contributed by atoms with van der Waals surface area (Å²) in [5, 5.41) is 20.9. The summed E-state index contributed by atoms with van der Waals surface area (Å²) in [4.78, 5) is 0. The van der Waals surface area contributed by atoms with Crippen LogP contribution in [0.4, 0.5) is 0 Å². The molecule has 92 valence electrons. The molecule has 1 aromatic rings. The zero-order valence-electron chi connectivity index (χ0n) is 10.6. The maximum absolute atomic E-state index is 9.67. The number of nitrogens with zero attached hydrogens (tertiary/aromatic N) is 3. The summed E-state index contributed by atoms with van der Waals surface area (Å²) in [6, 6.07) is 0. The van der Waals surface area contributed by atoms with Gasteiger partial charge < -0.3 is 15.0 Å². The molecular weight excluding hydrogens is 204 g/mol. The van der Waals surface area contributed by atoms with Crippen LogP contribution < -0.4 is 5.32 Å². The van der Waals surface area contributed by atoms with Crippen LogP contribution in [0, 0.1) is 12.8 Å². The van der Waals surface area contributed by atoms with Gasteiger partial charge in [0, 0.05) is 13.6 Å². The van der Waals surface area contributed by atoms with Gasteiger partial charge in [-0.25, -0.2) is 0 Å². The molecule has 16 heavy (non-hydrogen) atoms. The molecule has 0 fully saturated rings. The Morgan fingerprint density at radius 1 is 1.38 bits per heavy atom. The fourth-order valence-electron chi connectivity index (χ4n) is 1.58. The Labute approximate surface area is 96.9 Å². The molecule has 2 N–H and O–H groups in total. The van der Waals surface area contributed by atoms with Crippen molar-refractivity contribution in [1.29, 1.82) is 0 Å². The molecular formula is C11H22N4O. The molecule has 0 saturated heterocycles. The second-order valence-electron chi connectivity index (χ2n) is 4.64. The van der Waals surface area contributed by atoms with Gasteiger partial charge in [0.1, 0.15) is 11.6 Å². The van der Waals surface area contributed by atoms with Crippen LogP contribution in [0.2, 0.25) is 0 Å². The summed E-state index contributed by atoms with van der Waals surface area (Å²) in [5.41, 5.74) is 0. The first-order chi connectivity index (χ1) is 7.50. The molecule has 5 nitrogen and oxygen atoms in total. The van der Waals surface area contributed by atoms with Gasteiger partial charge in [-0.2, -0.15) is 0 Å². The average molecular weight is 226 g/mol. The van der Waals surface area contributed by atoms with Gasteiger partial charge in [-0.05, 0) is 19.3 Å². The minimum atomic E-state index is -0.283. The Bertz CT molecular complexity index is 322. The van der Waals surface area contributed by atoms with E-state index in [1.165, 1.54) is 0 Å². The van der Waals surface area contributed by atoms with Crippen molar-refractivity contribution in [3.63, 3.8) is 0 Å². The molecule has 0 aliphatic carbocycles. The van der Waals surface area contributed by atoms with E-state index in [1.807, 2.05) is 18.5 Å². The lowest BCUT2D eigenvalue weighted by Gasteiger charge is -2.13. The van der Waals surface area contributed by atoms with Gasteiger partial charge in [-0.1, -0.05) is 13.8 Å². The normalized spacial score (nSPS) is 13.4. The quantitative estimate of drug-likeness (QED) is 0.746. The molecule has 1 heterocycles. The summed E-state index contributed by atoms with van der Waals surface area (Å²) in [7, 11) is 1.94. The highest BCUT2D eigenvalue weighted by Gasteiger charge is 2.08. The first-order valence-corrected chi connectivity index (χ1v) is 5.74. The number of aromatic nitrogens is 3. The van der Waals surface area contributed by atoms with Crippen LogP contribution in [0.5, 0.6) is 0 Å². The highest BCUT2D eigenvalue weighted by atomic mass is 16.3. The maximum Gasteiger partial charge on any atom is 0.146 e. The zero-order chi connectivity index (χ0) is 12.1. The summed E-state index contributed by atoms with van der Waals surface area (Å²) in [6.45, 7) is 7.38. The standard InChI is InChI=1S/C11H22N4O/c1-8(2)5-10(16)6-12-7-11-14-13-9(3)15(11)4/h8,10,12,16H,5-7H2,1-4H3. The third kappa shape index (κ3) is 3.90. The number of aliphatic hydroxyl groups excluding tert-OH is 1. The van der Waals surface area contributed by atoms with Crippen molar-refractivity contribution >= 4 is 0 Å². The fraction of sp³-hybridized carbons (Fsp3) is 0.818. The van der Waals surface area contributed by atoms with Gasteiger partial charge in [0.15, 0.2) is 0 Å². The molecule has 1 rings (SSSR count). The van der Waals surface area contributed by atoms with E-state index in [-0.39, 0.29) is 6.10 Å². The van der Waals surface area contributed by atoms with Gasteiger partial charge in [0.2, 0.25) is 0 Å². The van der Waals surface area contributed by atoms with Crippen molar-refractivity contribution in [1.82, 2.24) is 20.1 Å². The highest BCUT2D eigenvalue weighted by molar-refractivity contribution is 4.91. The van der Waals surface area contributed by atoms with Crippen LogP contribution in [0.3, 0.4) is 0 Å². The number of aryl methyl sites for hydroxylation is 1. The van der Waals surface area contributed by atoms with Crippen molar-refractivity contribution in [2.24, 2.45) is 13.0 Å². The van der Waals surface area contributed by atoms with Crippen molar-refractivity contribution in [3.05, 3.63) is 11.6 Å². The Balaban J connectivity index is 2.28. The van der Waals surface area contributed by atoms with Gasteiger partial charge in [0.25, 0.3) is 0 Å². The van der Waals surface area contributed by atoms with Crippen LogP contribution >= 0.6 is 0 Å². The number of hydrogen-bond donors (Lipinski definition) is 2. The molecule has 5 heteroatoms. The molecule has 0 aromatic carbocycles. The van der Waals surface area contributed by atoms with E-state index in [9.17, 15) is 5.11 Å². The van der Waals surface area contributed by atoms with E-state index in [0.717, 1.165) is 18.1 Å². The predicted molar refractivity (Wildman–Crippen MR) is 62.9 cm³/mol. The molecule has 0 spiro atoms. The predicted octanol–water partition coefficient (Wildman–Crippen LogP) is 0.620. The average Bonchev–Trinajstić information content (AvgIpc) is 2.48. The Morgan fingerprint density at radius 2 is 2.06 bits per heavy atom. The Morgan fingerprint density at radius 3 is 2.56 bits per heavy atom. The number of rotatable bonds is 6. The van der Waals surface area contributed by atoms with E-state index in [1.54, 1.807) is 0 Å². The molecule has 1 atom stereocenters. The minimum Gasteiger partial charge on any atom is -0.392 e. The second-order valence-corrected chi connectivity index (χ2v) is 4.64. The smallest absolute Gasteiger partial charge is 0.146 e. The van der Waals surface area contributed by atoms with Crippen LogP contribution in [0.15, 0.2) is 0 Å². The van der Waals surface area contributed by atoms with Crippen LogP contribution in [0.25, 0.3) is 0 Å². The number of nitrogens with one attached hydrogen (secondary N) is 1. The molecule has 0 aliphatic heterocycles. The van der Waals surface area contributed by atoms with E-state index < -0.39 is 0 Å².